The van der Waals surface area contributed by atoms with Gasteiger partial charge in [0.1, 0.15) is 11.3 Å². The fourth-order valence-electron chi connectivity index (χ4n) is 1.84. The van der Waals surface area contributed by atoms with Crippen molar-refractivity contribution in [3.8, 4) is 0 Å². The van der Waals surface area contributed by atoms with Crippen LogP contribution in [0.3, 0.4) is 0 Å². The lowest BCUT2D eigenvalue weighted by atomic mass is 10.3. The van der Waals surface area contributed by atoms with E-state index >= 15 is 0 Å². The van der Waals surface area contributed by atoms with Crippen LogP contribution in [0.5, 0.6) is 0 Å². The highest BCUT2D eigenvalue weighted by atomic mass is 127. The molecule has 86 valence electrons. The molecule has 1 heterocycles. The van der Waals surface area contributed by atoms with Gasteiger partial charge in [-0.3, -0.25) is 0 Å². The minimum Gasteiger partial charge on any atom is -0.328 e. The van der Waals surface area contributed by atoms with Crippen LogP contribution in [-0.4, -0.2) is 9.55 Å². The van der Waals surface area contributed by atoms with Gasteiger partial charge in [0.25, 0.3) is 0 Å². The van der Waals surface area contributed by atoms with Crippen LogP contribution in [0.15, 0.2) is 6.07 Å². The average Bonchev–Trinajstić information content (AvgIpc) is 2.63. The summed E-state index contributed by atoms with van der Waals surface area (Å²) in [6.07, 6.45) is 0.992. The van der Waals surface area contributed by atoms with Crippen molar-refractivity contribution in [1.82, 2.24) is 9.55 Å². The van der Waals surface area contributed by atoms with Crippen molar-refractivity contribution < 1.29 is 0 Å². The quantitative estimate of drug-likeness (QED) is 0.399. The molecule has 2 nitrogen and oxygen atoms in total. The maximum Gasteiger partial charge on any atom is 0.109 e. The Labute approximate surface area is 136 Å². The molecule has 0 aliphatic rings. The molecule has 0 spiro atoms. The van der Waals surface area contributed by atoms with Gasteiger partial charge >= 0.3 is 0 Å². The molecule has 2 rings (SSSR count). The predicted molar refractivity (Wildman–Crippen MR) is 92.9 cm³/mol. The fraction of sp³-hybridized carbons (Fsp3) is 0.364. The summed E-state index contributed by atoms with van der Waals surface area (Å²) in [4.78, 5) is 4.75. The van der Waals surface area contributed by atoms with E-state index in [1.807, 2.05) is 0 Å². The van der Waals surface area contributed by atoms with Gasteiger partial charge in [-0.2, -0.15) is 0 Å². The Hall–Kier alpha value is 0.880. The summed E-state index contributed by atoms with van der Waals surface area (Å²) in [6, 6.07) is 2.25. The number of halogens is 3. The van der Waals surface area contributed by atoms with Gasteiger partial charge in [0.2, 0.25) is 0 Å². The fourth-order valence-corrected chi connectivity index (χ4v) is 4.02. The van der Waals surface area contributed by atoms with Gasteiger partial charge in [-0.15, -0.1) is 0 Å². The third-order valence-electron chi connectivity index (χ3n) is 2.59. The number of imidazole rings is 1. The van der Waals surface area contributed by atoms with Gasteiger partial charge in [-0.25, -0.2) is 4.98 Å². The molecule has 0 aliphatic heterocycles. The Kier molecular flexibility index (Phi) is 4.37. The summed E-state index contributed by atoms with van der Waals surface area (Å²) in [5.74, 6) is 1.19. The second kappa shape index (κ2) is 5.25. The van der Waals surface area contributed by atoms with E-state index in [4.69, 9.17) is 4.98 Å². The normalized spacial score (nSPS) is 11.3. The highest BCUT2D eigenvalue weighted by molar-refractivity contribution is 14.1. The standard InChI is InChI=1S/C11H11I3N2/c1-3-8-15-11-7(16(8)4-2)5-6(12)9(13)10(11)14/h5H,3-4H2,1-2H3. The van der Waals surface area contributed by atoms with Gasteiger partial charge in [0, 0.05) is 20.1 Å². The zero-order valence-corrected chi connectivity index (χ0v) is 15.5. The largest absolute Gasteiger partial charge is 0.328 e. The van der Waals surface area contributed by atoms with Crippen molar-refractivity contribution in [1.29, 1.82) is 0 Å². The first-order chi connectivity index (χ1) is 7.60. The summed E-state index contributed by atoms with van der Waals surface area (Å²) in [5.41, 5.74) is 2.43. The monoisotopic (exact) mass is 552 g/mol. The maximum absolute atomic E-state index is 4.75. The lowest BCUT2D eigenvalue weighted by Crippen LogP contribution is -2.00. The van der Waals surface area contributed by atoms with Crippen LogP contribution in [0, 0.1) is 10.7 Å². The first-order valence-corrected chi connectivity index (χ1v) is 8.36. The molecular formula is C11H11I3N2. The molecule has 5 heteroatoms. The third kappa shape index (κ3) is 2.11. The summed E-state index contributed by atoms with van der Waals surface area (Å²) in [5, 5.41) is 0. The minimum absolute atomic E-state index is 0.992. The van der Waals surface area contributed by atoms with Crippen molar-refractivity contribution in [3.63, 3.8) is 0 Å². The van der Waals surface area contributed by atoms with Crippen molar-refractivity contribution in [2.24, 2.45) is 0 Å². The number of hydrogen-bond acceptors (Lipinski definition) is 1. The van der Waals surface area contributed by atoms with Gasteiger partial charge in [-0.1, -0.05) is 6.92 Å². The summed E-state index contributed by atoms with van der Waals surface area (Å²) >= 11 is 7.20. The number of fused-ring (bicyclic) bond motifs is 1. The Bertz CT molecular complexity index is 546. The molecule has 0 unspecified atom stereocenters. The summed E-state index contributed by atoms with van der Waals surface area (Å²) in [6.45, 7) is 5.33. The Balaban J connectivity index is 2.87. The molecule has 0 aliphatic carbocycles. The lowest BCUT2D eigenvalue weighted by molar-refractivity contribution is 0.725. The number of aromatic nitrogens is 2. The lowest BCUT2D eigenvalue weighted by Gasteiger charge is -2.05. The SMILES string of the molecule is CCc1nc2c(I)c(I)c(I)cc2n1CC. The molecule has 1 aromatic heterocycles. The van der Waals surface area contributed by atoms with Crippen LogP contribution in [0.1, 0.15) is 19.7 Å². The molecule has 0 fully saturated rings. The van der Waals surface area contributed by atoms with E-state index in [1.54, 1.807) is 0 Å². The number of nitrogens with zero attached hydrogens (tertiary/aromatic N) is 2. The zero-order chi connectivity index (χ0) is 11.9. The number of aryl methyl sites for hydroxylation is 2. The molecule has 2 aromatic rings. The van der Waals surface area contributed by atoms with Crippen molar-refractivity contribution >= 4 is 78.8 Å². The highest BCUT2D eigenvalue weighted by Gasteiger charge is 2.14. The van der Waals surface area contributed by atoms with Crippen LogP contribution in [0.4, 0.5) is 0 Å². The topological polar surface area (TPSA) is 17.8 Å². The molecule has 0 atom stereocenters. The van der Waals surface area contributed by atoms with Crippen molar-refractivity contribution in [2.45, 2.75) is 26.8 Å². The first-order valence-electron chi connectivity index (χ1n) is 5.12. The second-order valence-corrected chi connectivity index (χ2v) is 6.80. The number of rotatable bonds is 2. The van der Waals surface area contributed by atoms with Crippen LogP contribution in [-0.2, 0) is 13.0 Å². The van der Waals surface area contributed by atoms with Gasteiger partial charge in [0.15, 0.2) is 0 Å². The Morgan fingerprint density at radius 2 is 1.88 bits per heavy atom. The molecule has 0 N–H and O–H groups in total. The first kappa shape index (κ1) is 13.3. The molecule has 0 amide bonds. The van der Waals surface area contributed by atoms with E-state index in [1.165, 1.54) is 22.1 Å². The molecular weight excluding hydrogens is 541 g/mol. The highest BCUT2D eigenvalue weighted by Crippen LogP contribution is 2.30. The van der Waals surface area contributed by atoms with Gasteiger partial charge < -0.3 is 4.57 Å². The summed E-state index contributed by atoms with van der Waals surface area (Å²) in [7, 11) is 0. The van der Waals surface area contributed by atoms with Crippen LogP contribution >= 0.6 is 67.8 Å². The van der Waals surface area contributed by atoms with E-state index < -0.39 is 0 Å². The zero-order valence-electron chi connectivity index (χ0n) is 9.02. The van der Waals surface area contributed by atoms with E-state index in [0.717, 1.165) is 18.5 Å². The Morgan fingerprint density at radius 1 is 1.19 bits per heavy atom. The van der Waals surface area contributed by atoms with Crippen molar-refractivity contribution in [3.05, 3.63) is 22.6 Å². The smallest absolute Gasteiger partial charge is 0.109 e. The van der Waals surface area contributed by atoms with E-state index in [2.05, 4.69) is 92.3 Å². The van der Waals surface area contributed by atoms with Crippen molar-refractivity contribution in [2.75, 3.05) is 0 Å². The molecule has 0 saturated carbocycles. The second-order valence-electron chi connectivity index (χ2n) is 3.48. The van der Waals surface area contributed by atoms with Crippen LogP contribution < -0.4 is 0 Å². The van der Waals surface area contributed by atoms with E-state index in [9.17, 15) is 0 Å². The number of benzene rings is 1. The molecule has 16 heavy (non-hydrogen) atoms. The van der Waals surface area contributed by atoms with Crippen LogP contribution in [0.25, 0.3) is 11.0 Å². The number of hydrogen-bond donors (Lipinski definition) is 0. The molecule has 0 radical (unpaired) electrons. The van der Waals surface area contributed by atoms with Gasteiger partial charge in [-0.05, 0) is 80.8 Å². The molecule has 0 bridgehead atoms. The summed E-state index contributed by atoms with van der Waals surface area (Å²) < 4.78 is 6.22. The van der Waals surface area contributed by atoms with E-state index in [-0.39, 0.29) is 0 Å². The molecule has 1 aromatic carbocycles. The van der Waals surface area contributed by atoms with Gasteiger partial charge in [0.05, 0.1) is 9.09 Å². The van der Waals surface area contributed by atoms with E-state index in [0.29, 0.717) is 0 Å². The van der Waals surface area contributed by atoms with Crippen LogP contribution in [0.2, 0.25) is 0 Å². The average molecular weight is 552 g/mol. The Morgan fingerprint density at radius 3 is 2.44 bits per heavy atom. The molecule has 0 saturated heterocycles. The maximum atomic E-state index is 4.75. The predicted octanol–water partition coefficient (Wildman–Crippen LogP) is 4.43. The third-order valence-corrected chi connectivity index (χ3v) is 7.68. The minimum atomic E-state index is 0.992.